The van der Waals surface area contributed by atoms with E-state index in [-0.39, 0.29) is 31.0 Å². The van der Waals surface area contributed by atoms with Crippen LogP contribution in [0.3, 0.4) is 0 Å². The van der Waals surface area contributed by atoms with Crippen molar-refractivity contribution >= 4 is 40.6 Å². The van der Waals surface area contributed by atoms with Crippen molar-refractivity contribution in [2.75, 3.05) is 40.0 Å². The van der Waals surface area contributed by atoms with Crippen molar-refractivity contribution in [2.45, 2.75) is 13.3 Å². The smallest absolute Gasteiger partial charge is 0.277 e. The minimum absolute atomic E-state index is 0.145. The molecule has 0 aromatic heterocycles. The lowest BCUT2D eigenvalue weighted by Gasteiger charge is -2.20. The van der Waals surface area contributed by atoms with E-state index in [0.29, 0.717) is 35.2 Å². The zero-order chi connectivity index (χ0) is 19.3. The van der Waals surface area contributed by atoms with Gasteiger partial charge in [-0.2, -0.15) is 0 Å². The monoisotopic (exact) mass is 400 g/mol. The molecule has 0 saturated heterocycles. The van der Waals surface area contributed by atoms with Gasteiger partial charge in [-0.05, 0) is 25.5 Å². The van der Waals surface area contributed by atoms with Crippen molar-refractivity contribution < 1.29 is 19.4 Å². The first-order valence-electron chi connectivity index (χ1n) is 8.38. The molecule has 0 fully saturated rings. The van der Waals surface area contributed by atoms with Gasteiger partial charge in [-0.1, -0.05) is 29.3 Å². The van der Waals surface area contributed by atoms with Gasteiger partial charge in [0.2, 0.25) is 0 Å². The van der Waals surface area contributed by atoms with Crippen molar-refractivity contribution in [3.8, 4) is 0 Å². The summed E-state index contributed by atoms with van der Waals surface area (Å²) in [6.45, 7) is 3.26. The number of carbonyl (C=O) groups excluding carboxylic acids is 2. The van der Waals surface area contributed by atoms with Crippen molar-refractivity contribution in [1.82, 2.24) is 9.80 Å². The number of aliphatic hydroxyl groups is 1. The molecule has 2 amide bonds. The molecule has 0 atom stereocenters. The van der Waals surface area contributed by atoms with Gasteiger partial charge in [-0.15, -0.1) is 0 Å². The molecule has 1 aliphatic heterocycles. The van der Waals surface area contributed by atoms with Gasteiger partial charge in [0, 0.05) is 43.9 Å². The van der Waals surface area contributed by atoms with Gasteiger partial charge in [0.1, 0.15) is 5.70 Å². The van der Waals surface area contributed by atoms with Crippen LogP contribution in [-0.4, -0.2) is 66.7 Å². The highest BCUT2D eigenvalue weighted by Crippen LogP contribution is 2.35. The first kappa shape index (κ1) is 20.7. The lowest BCUT2D eigenvalue weighted by molar-refractivity contribution is -0.137. The second-order valence-corrected chi connectivity index (χ2v) is 6.65. The summed E-state index contributed by atoms with van der Waals surface area (Å²) >= 11 is 12.2. The maximum absolute atomic E-state index is 13.0. The Hall–Kier alpha value is -1.60. The molecular weight excluding hydrogens is 379 g/mol. The molecule has 6 nitrogen and oxygen atoms in total. The van der Waals surface area contributed by atoms with Crippen LogP contribution in [0.5, 0.6) is 0 Å². The fourth-order valence-corrected chi connectivity index (χ4v) is 3.29. The second kappa shape index (κ2) is 9.37. The van der Waals surface area contributed by atoms with Crippen LogP contribution in [0, 0.1) is 0 Å². The van der Waals surface area contributed by atoms with Crippen LogP contribution in [0.25, 0.3) is 5.57 Å². The van der Waals surface area contributed by atoms with Gasteiger partial charge >= 0.3 is 0 Å². The number of hydrogen-bond donors (Lipinski definition) is 1. The highest BCUT2D eigenvalue weighted by atomic mass is 35.5. The van der Waals surface area contributed by atoms with Crippen LogP contribution in [0.15, 0.2) is 23.9 Å². The van der Waals surface area contributed by atoms with Gasteiger partial charge in [0.25, 0.3) is 11.8 Å². The normalized spacial score (nSPS) is 14.6. The van der Waals surface area contributed by atoms with Crippen molar-refractivity contribution in [2.24, 2.45) is 0 Å². The number of aliphatic hydroxyl groups excluding tert-OH is 1. The maximum Gasteiger partial charge on any atom is 0.277 e. The fraction of sp³-hybridized carbons (Fsp3) is 0.444. The van der Waals surface area contributed by atoms with Crippen molar-refractivity contribution in [1.29, 1.82) is 0 Å². The predicted octanol–water partition coefficient (Wildman–Crippen LogP) is 2.42. The van der Waals surface area contributed by atoms with Gasteiger partial charge < -0.3 is 14.7 Å². The van der Waals surface area contributed by atoms with Crippen LogP contribution < -0.4 is 0 Å². The van der Waals surface area contributed by atoms with E-state index in [4.69, 9.17) is 27.9 Å². The number of carbonyl (C=O) groups is 2. The van der Waals surface area contributed by atoms with E-state index in [0.717, 1.165) is 0 Å². The second-order valence-electron chi connectivity index (χ2n) is 5.81. The van der Waals surface area contributed by atoms with Crippen LogP contribution in [-0.2, 0) is 14.3 Å². The molecule has 26 heavy (non-hydrogen) atoms. The number of hydrogen-bond acceptors (Lipinski definition) is 5. The summed E-state index contributed by atoms with van der Waals surface area (Å²) in [5, 5.41) is 9.96. The molecule has 0 spiro atoms. The maximum atomic E-state index is 13.0. The number of rotatable bonds is 9. The quantitative estimate of drug-likeness (QED) is 0.509. The molecule has 1 heterocycles. The van der Waals surface area contributed by atoms with Gasteiger partial charge in [-0.3, -0.25) is 14.5 Å². The van der Waals surface area contributed by atoms with Gasteiger partial charge in [-0.25, -0.2) is 0 Å². The molecule has 1 aromatic carbocycles. The van der Waals surface area contributed by atoms with Crippen LogP contribution in [0.1, 0.15) is 18.9 Å². The van der Waals surface area contributed by atoms with Crippen molar-refractivity contribution in [3.63, 3.8) is 0 Å². The molecule has 1 aliphatic rings. The predicted molar refractivity (Wildman–Crippen MR) is 101 cm³/mol. The number of benzene rings is 1. The highest BCUT2D eigenvalue weighted by Gasteiger charge is 2.41. The Bertz CT molecular complexity index is 721. The Morgan fingerprint density at radius 1 is 1.23 bits per heavy atom. The average molecular weight is 401 g/mol. The lowest BCUT2D eigenvalue weighted by atomic mass is 10.0. The zero-order valence-electron chi connectivity index (χ0n) is 14.8. The average Bonchev–Trinajstić information content (AvgIpc) is 2.83. The highest BCUT2D eigenvalue weighted by molar-refractivity contribution is 6.41. The molecular formula is C18H22Cl2N2O4. The van der Waals surface area contributed by atoms with E-state index in [1.54, 1.807) is 24.1 Å². The number of ether oxygens (including phenoxy) is 1. The number of nitrogens with zero attached hydrogens (tertiary/aromatic N) is 2. The largest absolute Gasteiger partial charge is 0.395 e. The first-order chi connectivity index (χ1) is 12.4. The minimum atomic E-state index is -0.407. The third kappa shape index (κ3) is 4.38. The Labute approximate surface area is 162 Å². The number of imide groups is 1. The zero-order valence-corrected chi connectivity index (χ0v) is 16.3. The molecule has 142 valence electrons. The Morgan fingerprint density at radius 2 is 1.96 bits per heavy atom. The summed E-state index contributed by atoms with van der Waals surface area (Å²) in [5.41, 5.74) is 0.898. The summed E-state index contributed by atoms with van der Waals surface area (Å²) in [5.74, 6) is -0.807. The van der Waals surface area contributed by atoms with E-state index in [9.17, 15) is 14.7 Å². The van der Waals surface area contributed by atoms with Gasteiger partial charge in [0.05, 0.1) is 17.2 Å². The SMILES string of the molecule is CCOCCCN1C(=O)C(c2ccc(Cl)cc2Cl)=C(N(C)CCO)C1=O. The molecule has 8 heteroatoms. The standard InChI is InChI=1S/C18H22Cl2N2O4/c1-3-26-10-4-7-22-17(24)15(13-6-5-12(19)11-14(13)20)16(18(22)25)21(2)8-9-23/h5-6,11,23H,3-4,7-10H2,1-2H3. The molecule has 0 saturated carbocycles. The molecule has 0 bridgehead atoms. The van der Waals surface area contributed by atoms with E-state index >= 15 is 0 Å². The number of halogens is 2. The third-order valence-electron chi connectivity index (χ3n) is 4.04. The summed E-state index contributed by atoms with van der Waals surface area (Å²) in [6.07, 6.45) is 0.546. The number of amides is 2. The fourth-order valence-electron chi connectivity index (χ4n) is 2.79. The van der Waals surface area contributed by atoms with E-state index in [1.807, 2.05) is 6.92 Å². The Balaban J connectivity index is 2.40. The minimum Gasteiger partial charge on any atom is -0.395 e. The molecule has 2 rings (SSSR count). The Kier molecular flexibility index (Phi) is 7.46. The van der Waals surface area contributed by atoms with Gasteiger partial charge in [0.15, 0.2) is 0 Å². The molecule has 0 aliphatic carbocycles. The topological polar surface area (TPSA) is 70.1 Å². The summed E-state index contributed by atoms with van der Waals surface area (Å²) < 4.78 is 5.28. The van der Waals surface area contributed by atoms with Crippen LogP contribution in [0.2, 0.25) is 10.0 Å². The van der Waals surface area contributed by atoms with Crippen molar-refractivity contribution in [3.05, 3.63) is 39.5 Å². The van der Waals surface area contributed by atoms with E-state index in [1.165, 1.54) is 11.0 Å². The van der Waals surface area contributed by atoms with Crippen LogP contribution >= 0.6 is 23.2 Å². The Morgan fingerprint density at radius 3 is 2.58 bits per heavy atom. The van der Waals surface area contributed by atoms with E-state index in [2.05, 4.69) is 0 Å². The van der Waals surface area contributed by atoms with Crippen LogP contribution in [0.4, 0.5) is 0 Å². The molecule has 0 radical (unpaired) electrons. The molecule has 1 N–H and O–H groups in total. The summed E-state index contributed by atoms with van der Waals surface area (Å²) in [6, 6.07) is 4.78. The molecule has 0 unspecified atom stereocenters. The molecule has 1 aromatic rings. The number of likely N-dealkylation sites (N-methyl/N-ethyl adjacent to an activating group) is 1. The third-order valence-corrected chi connectivity index (χ3v) is 4.58. The lowest BCUT2D eigenvalue weighted by Crippen LogP contribution is -2.36. The first-order valence-corrected chi connectivity index (χ1v) is 9.13. The summed E-state index contributed by atoms with van der Waals surface area (Å²) in [7, 11) is 1.66. The summed E-state index contributed by atoms with van der Waals surface area (Å²) in [4.78, 5) is 28.6. The van der Waals surface area contributed by atoms with E-state index < -0.39 is 11.8 Å².